The number of nitrogens with zero attached hydrogens (tertiary/aromatic N) is 3. The molecule has 0 N–H and O–H groups in total. The summed E-state index contributed by atoms with van der Waals surface area (Å²) >= 11 is 0. The van der Waals surface area contributed by atoms with Gasteiger partial charge in [0.2, 0.25) is 0 Å². The van der Waals surface area contributed by atoms with E-state index >= 15 is 0 Å². The van der Waals surface area contributed by atoms with Crippen LogP contribution >= 0.6 is 0 Å². The molecule has 1 aliphatic rings. The minimum atomic E-state index is -0.154. The van der Waals surface area contributed by atoms with Gasteiger partial charge in [0.15, 0.2) is 6.29 Å². The number of aromatic nitrogens is 2. The normalized spacial score (nSPS) is 13.8. The molecule has 3 aromatic carbocycles. The molecule has 5 rings (SSSR count). The average molecular weight is 488 g/mol. The molecule has 0 atom stereocenters. The van der Waals surface area contributed by atoms with Gasteiger partial charge in [-0.15, -0.1) is 0 Å². The van der Waals surface area contributed by atoms with Crippen LogP contribution in [0.1, 0.15) is 0 Å². The molecular weight excluding hydrogens is 458 g/mol. The number of benzene rings is 3. The lowest BCUT2D eigenvalue weighted by atomic mass is 10.3. The number of para-hydroxylation sites is 1. The maximum absolute atomic E-state index is 13.1. The van der Waals surface area contributed by atoms with Crippen LogP contribution < -0.4 is 15.2 Å². The maximum atomic E-state index is 13.1. The lowest BCUT2D eigenvalue weighted by Crippen LogP contribution is -2.32. The van der Waals surface area contributed by atoms with Crippen molar-refractivity contribution < 1.29 is 18.9 Å². The van der Waals surface area contributed by atoms with E-state index in [4.69, 9.17) is 18.9 Å². The molecular formula is C28H29N3O5. The van der Waals surface area contributed by atoms with Gasteiger partial charge in [-0.2, -0.15) is 0 Å². The molecule has 0 spiro atoms. The van der Waals surface area contributed by atoms with Gasteiger partial charge in [0.25, 0.3) is 0 Å². The van der Waals surface area contributed by atoms with Gasteiger partial charge in [0.05, 0.1) is 24.6 Å². The summed E-state index contributed by atoms with van der Waals surface area (Å²) in [5, 5.41) is 0. The first-order chi connectivity index (χ1) is 17.7. The zero-order valence-corrected chi connectivity index (χ0v) is 20.2. The van der Waals surface area contributed by atoms with Crippen LogP contribution in [-0.2, 0) is 9.47 Å². The van der Waals surface area contributed by atoms with E-state index in [1.807, 2.05) is 85.9 Å². The molecule has 0 saturated carbocycles. The summed E-state index contributed by atoms with van der Waals surface area (Å²) in [6, 6.07) is 24.5. The van der Waals surface area contributed by atoms with Crippen LogP contribution in [0.15, 0.2) is 96.1 Å². The second-order valence-electron chi connectivity index (χ2n) is 8.51. The third-order valence-electron chi connectivity index (χ3n) is 5.88. The van der Waals surface area contributed by atoms with E-state index in [2.05, 4.69) is 4.90 Å². The molecule has 1 saturated heterocycles. The smallest absolute Gasteiger partial charge is 0.337 e. The Kier molecular flexibility index (Phi) is 7.47. The van der Waals surface area contributed by atoms with E-state index in [1.54, 1.807) is 21.5 Å². The quantitative estimate of drug-likeness (QED) is 0.336. The highest BCUT2D eigenvalue weighted by Gasteiger charge is 2.17. The molecule has 0 aliphatic carbocycles. The van der Waals surface area contributed by atoms with Crippen LogP contribution in [0.5, 0.6) is 17.2 Å². The molecule has 0 amide bonds. The Labute approximate surface area is 209 Å². The number of imidazole rings is 1. The van der Waals surface area contributed by atoms with Crippen molar-refractivity contribution in [3.05, 3.63) is 102 Å². The van der Waals surface area contributed by atoms with Crippen LogP contribution in [0.2, 0.25) is 0 Å². The van der Waals surface area contributed by atoms with E-state index in [1.165, 1.54) is 0 Å². The van der Waals surface area contributed by atoms with E-state index in [-0.39, 0.29) is 12.0 Å². The molecule has 0 radical (unpaired) electrons. The van der Waals surface area contributed by atoms with Crippen molar-refractivity contribution in [1.29, 1.82) is 0 Å². The van der Waals surface area contributed by atoms with Gasteiger partial charge in [-0.3, -0.25) is 14.0 Å². The first-order valence-electron chi connectivity index (χ1n) is 11.9. The Balaban J connectivity index is 1.18. The fraction of sp³-hybridized carbons (Fsp3) is 0.250. The summed E-state index contributed by atoms with van der Waals surface area (Å²) in [5.41, 5.74) is 1.37. The molecule has 8 nitrogen and oxygen atoms in total. The van der Waals surface area contributed by atoms with E-state index in [9.17, 15) is 4.79 Å². The predicted molar refractivity (Wildman–Crippen MR) is 137 cm³/mol. The minimum Gasteiger partial charge on any atom is -0.492 e. The van der Waals surface area contributed by atoms with E-state index in [0.29, 0.717) is 32.1 Å². The Morgan fingerprint density at radius 2 is 1.36 bits per heavy atom. The van der Waals surface area contributed by atoms with Crippen molar-refractivity contribution >= 4 is 0 Å². The third-order valence-corrected chi connectivity index (χ3v) is 5.88. The summed E-state index contributed by atoms with van der Waals surface area (Å²) in [6.45, 7) is 3.32. The largest absolute Gasteiger partial charge is 0.492 e. The number of ether oxygens (including phenoxy) is 4. The third kappa shape index (κ3) is 5.85. The molecule has 36 heavy (non-hydrogen) atoms. The van der Waals surface area contributed by atoms with Gasteiger partial charge in [0, 0.05) is 25.5 Å². The highest BCUT2D eigenvalue weighted by atomic mass is 16.7. The molecule has 4 aromatic rings. The topological polar surface area (TPSA) is 67.1 Å². The minimum absolute atomic E-state index is 0.152. The number of rotatable bonds is 10. The second-order valence-corrected chi connectivity index (χ2v) is 8.51. The van der Waals surface area contributed by atoms with Gasteiger partial charge < -0.3 is 18.9 Å². The van der Waals surface area contributed by atoms with Crippen molar-refractivity contribution in [1.82, 2.24) is 14.0 Å². The van der Waals surface area contributed by atoms with Crippen molar-refractivity contribution in [3.63, 3.8) is 0 Å². The summed E-state index contributed by atoms with van der Waals surface area (Å²) < 4.78 is 25.8. The molecule has 0 unspecified atom stereocenters. The van der Waals surface area contributed by atoms with Crippen LogP contribution in [0, 0.1) is 0 Å². The van der Waals surface area contributed by atoms with Crippen LogP contribution in [0.4, 0.5) is 0 Å². The van der Waals surface area contributed by atoms with Gasteiger partial charge in [0.1, 0.15) is 23.9 Å². The highest BCUT2D eigenvalue weighted by molar-refractivity contribution is 5.41. The van der Waals surface area contributed by atoms with Crippen LogP contribution in [-0.4, -0.2) is 60.3 Å². The number of hydrogen-bond donors (Lipinski definition) is 0. The molecule has 0 bridgehead atoms. The zero-order valence-electron chi connectivity index (χ0n) is 20.2. The molecule has 1 fully saturated rings. The van der Waals surface area contributed by atoms with Crippen molar-refractivity contribution in [3.8, 4) is 28.6 Å². The van der Waals surface area contributed by atoms with Crippen molar-refractivity contribution in [2.24, 2.45) is 0 Å². The highest BCUT2D eigenvalue weighted by Crippen LogP contribution is 2.22. The average Bonchev–Trinajstić information content (AvgIpc) is 3.55. The van der Waals surface area contributed by atoms with Crippen LogP contribution in [0.25, 0.3) is 11.4 Å². The SMILES string of the molecule is CN(CCOc1ccc(-n2ccn(-c3ccc(Oc4ccccc4)cc3)c2=O)cc1)CC1OCCO1. The van der Waals surface area contributed by atoms with Gasteiger partial charge in [-0.05, 0) is 67.7 Å². The lowest BCUT2D eigenvalue weighted by Gasteiger charge is -2.19. The van der Waals surface area contributed by atoms with Gasteiger partial charge in [-0.1, -0.05) is 18.2 Å². The molecule has 186 valence electrons. The fourth-order valence-corrected chi connectivity index (χ4v) is 3.95. The summed E-state index contributed by atoms with van der Waals surface area (Å²) in [7, 11) is 2.01. The first kappa shape index (κ1) is 23.9. The monoisotopic (exact) mass is 487 g/mol. The number of likely N-dealkylation sites (N-methyl/N-ethyl adjacent to an activating group) is 1. The summed E-state index contributed by atoms with van der Waals surface area (Å²) in [4.78, 5) is 15.2. The molecule has 1 aliphatic heterocycles. The molecule has 8 heteroatoms. The Morgan fingerprint density at radius 1 is 0.806 bits per heavy atom. The van der Waals surface area contributed by atoms with E-state index < -0.39 is 0 Å². The molecule has 2 heterocycles. The number of hydrogen-bond acceptors (Lipinski definition) is 6. The lowest BCUT2D eigenvalue weighted by molar-refractivity contribution is -0.0590. The molecule has 1 aromatic heterocycles. The van der Waals surface area contributed by atoms with Gasteiger partial charge >= 0.3 is 5.69 Å². The Bertz CT molecular complexity index is 1290. The van der Waals surface area contributed by atoms with Crippen molar-refractivity contribution in [2.45, 2.75) is 6.29 Å². The Hall–Kier alpha value is -3.85. The standard InChI is InChI=1S/C28H29N3O5/c1-29(21-27-34-19-20-35-27)17-18-33-24-11-7-22(8-12-24)30-15-16-31(28(30)32)23-9-13-26(14-10-23)36-25-5-3-2-4-6-25/h2-16,27H,17-21H2,1H3. The first-order valence-corrected chi connectivity index (χ1v) is 11.9. The van der Waals surface area contributed by atoms with E-state index in [0.717, 1.165) is 29.4 Å². The zero-order chi connectivity index (χ0) is 24.7. The summed E-state index contributed by atoms with van der Waals surface area (Å²) in [6.07, 6.45) is 3.36. The Morgan fingerprint density at radius 3 is 1.97 bits per heavy atom. The maximum Gasteiger partial charge on any atom is 0.337 e. The van der Waals surface area contributed by atoms with Crippen LogP contribution in [0.3, 0.4) is 0 Å². The van der Waals surface area contributed by atoms with Crippen molar-refractivity contribution in [2.75, 3.05) is 40.0 Å². The predicted octanol–water partition coefficient (Wildman–Crippen LogP) is 4.10. The summed E-state index contributed by atoms with van der Waals surface area (Å²) in [5.74, 6) is 2.22. The van der Waals surface area contributed by atoms with Gasteiger partial charge in [-0.25, -0.2) is 4.79 Å². The fourth-order valence-electron chi connectivity index (χ4n) is 3.95. The second kappa shape index (κ2) is 11.3.